The van der Waals surface area contributed by atoms with Crippen LogP contribution in [-0.4, -0.2) is 34.4 Å². The summed E-state index contributed by atoms with van der Waals surface area (Å²) in [5, 5.41) is 12.5. The Labute approximate surface area is 160 Å². The molecule has 1 fully saturated rings. The highest BCUT2D eigenvalue weighted by Crippen LogP contribution is 2.34. The lowest BCUT2D eigenvalue weighted by Gasteiger charge is -2.22. The first-order valence-corrected chi connectivity index (χ1v) is 9.03. The number of thiophene rings is 1. The Morgan fingerprint density at radius 1 is 1.19 bits per heavy atom. The second kappa shape index (κ2) is 6.52. The van der Waals surface area contributed by atoms with E-state index in [9.17, 15) is 19.6 Å². The minimum Gasteiger partial charge on any atom is -0.308 e. The summed E-state index contributed by atoms with van der Waals surface area (Å²) in [6.07, 6.45) is 1.48. The van der Waals surface area contributed by atoms with E-state index in [0.29, 0.717) is 11.1 Å². The Kier molecular flexibility index (Phi) is 4.49. The van der Waals surface area contributed by atoms with Gasteiger partial charge in [-0.15, -0.1) is 11.3 Å². The van der Waals surface area contributed by atoms with E-state index in [1.807, 2.05) is 38.3 Å². The number of hydrogen-bond acceptors (Lipinski definition) is 5. The largest absolute Gasteiger partial charge is 0.331 e. The number of likely N-dealkylation sites (N-methyl/N-ethyl adjacent to an activating group) is 1. The number of aryl methyl sites for hydroxylation is 2. The summed E-state index contributed by atoms with van der Waals surface area (Å²) in [5.41, 5.74) is 3.84. The van der Waals surface area contributed by atoms with Crippen molar-refractivity contribution in [2.24, 2.45) is 0 Å². The molecule has 0 unspecified atom stereocenters. The molecule has 0 aliphatic carbocycles. The highest BCUT2D eigenvalue weighted by atomic mass is 32.1. The number of nitriles is 1. The smallest absolute Gasteiger partial charge is 0.308 e. The number of rotatable bonds is 2. The van der Waals surface area contributed by atoms with Crippen LogP contribution in [0.3, 0.4) is 0 Å². The van der Waals surface area contributed by atoms with E-state index in [-0.39, 0.29) is 5.57 Å². The summed E-state index contributed by atoms with van der Waals surface area (Å²) in [6.45, 7) is 7.66. The summed E-state index contributed by atoms with van der Waals surface area (Å²) < 4.78 is 1.95. The highest BCUT2D eigenvalue weighted by Gasteiger charge is 2.33. The topological polar surface area (TPSA) is 95.2 Å². The molecule has 0 spiro atoms. The summed E-state index contributed by atoms with van der Waals surface area (Å²) in [6, 6.07) is 3.38. The fraction of sp³-hybridized carbons (Fsp3) is 0.263. The first kappa shape index (κ1) is 18.6. The molecule has 1 aliphatic rings. The third kappa shape index (κ3) is 2.86. The van der Waals surface area contributed by atoms with Crippen LogP contribution in [0, 0.1) is 39.0 Å². The van der Waals surface area contributed by atoms with E-state index >= 15 is 0 Å². The molecule has 2 aromatic rings. The molecule has 0 bridgehead atoms. The van der Waals surface area contributed by atoms with Crippen molar-refractivity contribution in [3.8, 4) is 11.1 Å². The summed E-state index contributed by atoms with van der Waals surface area (Å²) in [5.74, 6) is -1.36. The average molecular weight is 382 g/mol. The Balaban J connectivity index is 2.14. The highest BCUT2D eigenvalue weighted by molar-refractivity contribution is 7.14. The Morgan fingerprint density at radius 3 is 2.48 bits per heavy atom. The average Bonchev–Trinajstić information content (AvgIpc) is 3.05. The second-order valence-corrected chi connectivity index (χ2v) is 7.62. The molecule has 7 nitrogen and oxygen atoms in total. The molecule has 4 amide bonds. The predicted octanol–water partition coefficient (Wildman–Crippen LogP) is 2.74. The maximum absolute atomic E-state index is 12.3. The molecule has 0 radical (unpaired) electrons. The zero-order valence-corrected chi connectivity index (χ0v) is 16.4. The van der Waals surface area contributed by atoms with Crippen LogP contribution in [0.4, 0.5) is 4.79 Å². The van der Waals surface area contributed by atoms with Crippen LogP contribution < -0.4 is 5.32 Å². The van der Waals surface area contributed by atoms with Gasteiger partial charge in [0, 0.05) is 23.3 Å². The van der Waals surface area contributed by atoms with Crippen molar-refractivity contribution >= 4 is 35.3 Å². The Morgan fingerprint density at radius 2 is 1.85 bits per heavy atom. The summed E-state index contributed by atoms with van der Waals surface area (Å²) in [4.78, 5) is 37.9. The number of hydrogen-bond donors (Lipinski definition) is 1. The lowest BCUT2D eigenvalue weighted by Crippen LogP contribution is -2.52. The first-order valence-electron chi connectivity index (χ1n) is 8.21. The normalized spacial score (nSPS) is 16.1. The van der Waals surface area contributed by atoms with Gasteiger partial charge in [-0.05, 0) is 51.0 Å². The lowest BCUT2D eigenvalue weighted by atomic mass is 10.1. The maximum atomic E-state index is 12.3. The molecule has 2 aromatic heterocycles. The molecular formula is C19H18N4O3S. The molecule has 0 aromatic carbocycles. The predicted molar refractivity (Wildman–Crippen MR) is 102 cm³/mol. The Hall–Kier alpha value is -3.18. The van der Waals surface area contributed by atoms with Gasteiger partial charge in [-0.2, -0.15) is 5.26 Å². The van der Waals surface area contributed by atoms with Crippen molar-refractivity contribution in [3.63, 3.8) is 0 Å². The maximum Gasteiger partial charge on any atom is 0.331 e. The van der Waals surface area contributed by atoms with Gasteiger partial charge >= 0.3 is 6.03 Å². The van der Waals surface area contributed by atoms with E-state index in [1.165, 1.54) is 24.5 Å². The van der Waals surface area contributed by atoms with Gasteiger partial charge in [0.15, 0.2) is 0 Å². The molecule has 27 heavy (non-hydrogen) atoms. The SMILES string of the molecule is Cc1sc(-n2c(C)cc(/C=C3/C(=O)NC(=O)N(C)C3=O)c2C)c(C#N)c1C. The van der Waals surface area contributed by atoms with Crippen molar-refractivity contribution < 1.29 is 14.4 Å². The number of amides is 4. The quantitative estimate of drug-likeness (QED) is 0.638. The van der Waals surface area contributed by atoms with Gasteiger partial charge in [-0.25, -0.2) is 4.79 Å². The fourth-order valence-electron chi connectivity index (χ4n) is 3.05. The lowest BCUT2D eigenvalue weighted by molar-refractivity contribution is -0.129. The first-order chi connectivity index (χ1) is 12.7. The van der Waals surface area contributed by atoms with Crippen LogP contribution in [0.1, 0.15) is 33.0 Å². The summed E-state index contributed by atoms with van der Waals surface area (Å²) >= 11 is 1.53. The van der Waals surface area contributed by atoms with Gasteiger partial charge in [-0.3, -0.25) is 19.8 Å². The van der Waals surface area contributed by atoms with Crippen molar-refractivity contribution in [2.45, 2.75) is 27.7 Å². The van der Waals surface area contributed by atoms with Gasteiger partial charge in [0.25, 0.3) is 11.8 Å². The van der Waals surface area contributed by atoms with E-state index in [1.54, 1.807) is 0 Å². The van der Waals surface area contributed by atoms with Crippen LogP contribution in [-0.2, 0) is 9.59 Å². The third-order valence-electron chi connectivity index (χ3n) is 4.76. The number of imide groups is 2. The minimum atomic E-state index is -0.740. The van der Waals surface area contributed by atoms with Crippen LogP contribution in [0.25, 0.3) is 11.1 Å². The monoisotopic (exact) mass is 382 g/mol. The minimum absolute atomic E-state index is 0.101. The second-order valence-electron chi connectivity index (χ2n) is 6.42. The standard InChI is InChI=1S/C19H18N4O3S/c1-9-6-13(7-14-16(24)21-19(26)22(5)17(14)25)11(3)23(9)18-15(8-20)10(2)12(4)27-18/h6-7H,1-5H3,(H,21,24,26)/b14-7-. The van der Waals surface area contributed by atoms with Crippen molar-refractivity contribution in [1.29, 1.82) is 5.26 Å². The van der Waals surface area contributed by atoms with E-state index < -0.39 is 17.8 Å². The van der Waals surface area contributed by atoms with Crippen LogP contribution in [0.15, 0.2) is 11.6 Å². The van der Waals surface area contributed by atoms with Gasteiger partial charge in [0.1, 0.15) is 16.6 Å². The third-order valence-corrected chi connectivity index (χ3v) is 5.95. The van der Waals surface area contributed by atoms with Crippen LogP contribution >= 0.6 is 11.3 Å². The van der Waals surface area contributed by atoms with Crippen LogP contribution in [0.5, 0.6) is 0 Å². The zero-order chi connectivity index (χ0) is 20.0. The van der Waals surface area contributed by atoms with E-state index in [4.69, 9.17) is 0 Å². The fourth-order valence-corrected chi connectivity index (χ4v) is 4.26. The number of barbiturate groups is 1. The van der Waals surface area contributed by atoms with Crippen molar-refractivity contribution in [1.82, 2.24) is 14.8 Å². The number of urea groups is 1. The molecule has 138 valence electrons. The molecule has 1 aliphatic heterocycles. The molecule has 3 heterocycles. The molecule has 1 saturated heterocycles. The van der Waals surface area contributed by atoms with E-state index in [2.05, 4.69) is 11.4 Å². The molecule has 8 heteroatoms. The van der Waals surface area contributed by atoms with Gasteiger partial charge in [0.2, 0.25) is 0 Å². The van der Waals surface area contributed by atoms with Crippen molar-refractivity contribution in [2.75, 3.05) is 7.05 Å². The molecule has 0 saturated carbocycles. The Bertz CT molecular complexity index is 1080. The van der Waals surface area contributed by atoms with E-state index in [0.717, 1.165) is 31.7 Å². The van der Waals surface area contributed by atoms with Gasteiger partial charge < -0.3 is 4.57 Å². The molecule has 1 N–H and O–H groups in total. The van der Waals surface area contributed by atoms with Crippen LogP contribution in [0.2, 0.25) is 0 Å². The molecular weight excluding hydrogens is 364 g/mol. The zero-order valence-electron chi connectivity index (χ0n) is 15.6. The number of carbonyl (C=O) groups excluding carboxylic acids is 3. The number of nitrogens with one attached hydrogen (secondary N) is 1. The number of carbonyl (C=O) groups is 3. The number of nitrogens with zero attached hydrogens (tertiary/aromatic N) is 3. The molecule has 0 atom stereocenters. The van der Waals surface area contributed by atoms with Gasteiger partial charge in [-0.1, -0.05) is 0 Å². The molecule has 3 rings (SSSR count). The van der Waals surface area contributed by atoms with Gasteiger partial charge in [0.05, 0.1) is 5.56 Å². The summed E-state index contributed by atoms with van der Waals surface area (Å²) in [7, 11) is 1.32. The number of aromatic nitrogens is 1. The van der Waals surface area contributed by atoms with Crippen molar-refractivity contribution in [3.05, 3.63) is 44.6 Å².